The lowest BCUT2D eigenvalue weighted by atomic mass is 9.95. The standard InChI is InChI=1S/C23H24N2O2S.ClH/c1-15-19(17-8-10-18(27-2)11-9-17)12-22(28-15)23(26)25-13-20(21(24)14-25)16-6-4-3-5-7-16;/h3-12,20-21H,13-14,24H2,1-2H3;1H/t20-,21+;/m0./s1. The Morgan fingerprint density at radius 2 is 1.79 bits per heavy atom. The number of aryl methyl sites for hydroxylation is 1. The number of benzene rings is 2. The van der Waals surface area contributed by atoms with Gasteiger partial charge in [-0.25, -0.2) is 0 Å². The fourth-order valence-corrected chi connectivity index (χ4v) is 4.86. The van der Waals surface area contributed by atoms with Crippen molar-refractivity contribution in [2.24, 2.45) is 5.73 Å². The van der Waals surface area contributed by atoms with Crippen LogP contribution < -0.4 is 10.5 Å². The molecule has 2 aromatic carbocycles. The van der Waals surface area contributed by atoms with Gasteiger partial charge in [0.1, 0.15) is 5.75 Å². The molecule has 2 N–H and O–H groups in total. The molecule has 1 aliphatic heterocycles. The molecule has 4 nitrogen and oxygen atoms in total. The number of hydrogen-bond donors (Lipinski definition) is 1. The molecule has 1 aliphatic rings. The van der Waals surface area contributed by atoms with Crippen molar-refractivity contribution < 1.29 is 9.53 Å². The second kappa shape index (κ2) is 8.99. The average molecular weight is 429 g/mol. The summed E-state index contributed by atoms with van der Waals surface area (Å²) >= 11 is 1.55. The van der Waals surface area contributed by atoms with Gasteiger partial charge in [-0.05, 0) is 41.8 Å². The van der Waals surface area contributed by atoms with Gasteiger partial charge >= 0.3 is 0 Å². The van der Waals surface area contributed by atoms with Crippen LogP contribution in [0.25, 0.3) is 11.1 Å². The van der Waals surface area contributed by atoms with Crippen molar-refractivity contribution in [2.45, 2.75) is 18.9 Å². The van der Waals surface area contributed by atoms with Crippen molar-refractivity contribution in [1.29, 1.82) is 0 Å². The number of methoxy groups -OCH3 is 1. The minimum atomic E-state index is -0.0338. The quantitative estimate of drug-likeness (QED) is 0.654. The maximum Gasteiger partial charge on any atom is 0.264 e. The molecule has 3 aromatic rings. The molecule has 0 radical (unpaired) electrons. The second-order valence-electron chi connectivity index (χ2n) is 7.20. The maximum atomic E-state index is 13.1. The zero-order valence-corrected chi connectivity index (χ0v) is 18.1. The second-order valence-corrected chi connectivity index (χ2v) is 8.46. The third kappa shape index (κ3) is 4.32. The molecule has 2 heterocycles. The maximum absolute atomic E-state index is 13.1. The lowest BCUT2D eigenvalue weighted by Gasteiger charge is -2.15. The third-order valence-electron chi connectivity index (χ3n) is 5.41. The van der Waals surface area contributed by atoms with E-state index < -0.39 is 0 Å². The topological polar surface area (TPSA) is 55.6 Å². The number of amides is 1. The largest absolute Gasteiger partial charge is 0.497 e. The summed E-state index contributed by atoms with van der Waals surface area (Å²) in [6.07, 6.45) is 0. The highest BCUT2D eigenvalue weighted by molar-refractivity contribution is 7.14. The van der Waals surface area contributed by atoms with E-state index in [2.05, 4.69) is 19.1 Å². The van der Waals surface area contributed by atoms with Gasteiger partial charge in [-0.3, -0.25) is 4.79 Å². The first-order valence-corrected chi connectivity index (χ1v) is 10.2. The van der Waals surface area contributed by atoms with Gasteiger partial charge < -0.3 is 15.4 Å². The number of thiophene rings is 1. The molecule has 0 aliphatic carbocycles. The molecule has 0 spiro atoms. The number of hydrogen-bond acceptors (Lipinski definition) is 4. The fourth-order valence-electron chi connectivity index (χ4n) is 3.85. The van der Waals surface area contributed by atoms with E-state index in [1.165, 1.54) is 5.56 Å². The molecule has 2 atom stereocenters. The molecule has 1 aromatic heterocycles. The first-order chi connectivity index (χ1) is 13.6. The van der Waals surface area contributed by atoms with Crippen LogP contribution in [-0.4, -0.2) is 37.0 Å². The molecule has 6 heteroatoms. The molecule has 0 saturated carbocycles. The molecular weight excluding hydrogens is 404 g/mol. The molecule has 0 unspecified atom stereocenters. The number of nitrogens with two attached hydrogens (primary N) is 1. The van der Waals surface area contributed by atoms with Gasteiger partial charge in [-0.15, -0.1) is 23.7 Å². The Bertz CT molecular complexity index is 972. The van der Waals surface area contributed by atoms with E-state index in [0.29, 0.717) is 13.1 Å². The highest BCUT2D eigenvalue weighted by atomic mass is 35.5. The van der Waals surface area contributed by atoms with Crippen LogP contribution in [0.1, 0.15) is 26.0 Å². The first-order valence-electron chi connectivity index (χ1n) is 9.41. The van der Waals surface area contributed by atoms with Gasteiger partial charge in [0, 0.05) is 29.9 Å². The SMILES string of the molecule is COc1ccc(-c2cc(C(=O)N3C[C@@H](N)[C@H](c4ccccc4)C3)sc2C)cc1.Cl. The predicted octanol–water partition coefficient (Wildman–Crippen LogP) is 4.72. The molecule has 4 rings (SSSR count). The normalized spacial score (nSPS) is 18.4. The third-order valence-corrected chi connectivity index (χ3v) is 6.45. The van der Waals surface area contributed by atoms with Gasteiger partial charge in [0.15, 0.2) is 0 Å². The summed E-state index contributed by atoms with van der Waals surface area (Å²) in [6.45, 7) is 3.32. The predicted molar refractivity (Wildman–Crippen MR) is 121 cm³/mol. The van der Waals surface area contributed by atoms with Crippen LogP contribution in [0.2, 0.25) is 0 Å². The van der Waals surface area contributed by atoms with Crippen molar-refractivity contribution in [3.63, 3.8) is 0 Å². The smallest absolute Gasteiger partial charge is 0.264 e. The van der Waals surface area contributed by atoms with Crippen molar-refractivity contribution in [3.05, 3.63) is 76.0 Å². The van der Waals surface area contributed by atoms with E-state index in [4.69, 9.17) is 10.5 Å². The summed E-state index contributed by atoms with van der Waals surface area (Å²) in [5.41, 5.74) is 9.76. The molecule has 1 amide bonds. The monoisotopic (exact) mass is 428 g/mol. The Hall–Kier alpha value is -2.34. The van der Waals surface area contributed by atoms with Crippen molar-refractivity contribution >= 4 is 29.7 Å². The van der Waals surface area contributed by atoms with Gasteiger partial charge in [-0.2, -0.15) is 0 Å². The summed E-state index contributed by atoms with van der Waals surface area (Å²) in [7, 11) is 1.66. The van der Waals surface area contributed by atoms with Gasteiger partial charge in [0.25, 0.3) is 5.91 Å². The van der Waals surface area contributed by atoms with E-state index in [1.807, 2.05) is 53.4 Å². The zero-order valence-electron chi connectivity index (χ0n) is 16.5. The van der Waals surface area contributed by atoms with Crippen molar-refractivity contribution in [3.8, 4) is 16.9 Å². The minimum Gasteiger partial charge on any atom is -0.497 e. The summed E-state index contributed by atoms with van der Waals surface area (Å²) in [4.78, 5) is 16.9. The molecule has 152 valence electrons. The van der Waals surface area contributed by atoms with E-state index in [1.54, 1.807) is 18.4 Å². The molecule has 1 fully saturated rings. The number of halogens is 1. The van der Waals surface area contributed by atoms with Crippen LogP contribution in [-0.2, 0) is 0 Å². The number of carbonyl (C=O) groups excluding carboxylic acids is 1. The van der Waals surface area contributed by atoms with Crippen LogP contribution in [0.15, 0.2) is 60.7 Å². The van der Waals surface area contributed by atoms with E-state index in [-0.39, 0.29) is 30.3 Å². The van der Waals surface area contributed by atoms with Crippen molar-refractivity contribution in [2.75, 3.05) is 20.2 Å². The highest BCUT2D eigenvalue weighted by Gasteiger charge is 2.34. The first kappa shape index (κ1) is 21.4. The Labute approximate surface area is 181 Å². The molecular formula is C23H25ClN2O2S. The Morgan fingerprint density at radius 1 is 1.10 bits per heavy atom. The zero-order chi connectivity index (χ0) is 19.7. The Balaban J connectivity index is 0.00000240. The molecule has 0 bridgehead atoms. The molecule has 1 saturated heterocycles. The van der Waals surface area contributed by atoms with Crippen LogP contribution in [0.4, 0.5) is 0 Å². The number of ether oxygens (including phenoxy) is 1. The minimum absolute atomic E-state index is 0. The number of likely N-dealkylation sites (tertiary alicyclic amines) is 1. The average Bonchev–Trinajstić information content (AvgIpc) is 3.31. The van der Waals surface area contributed by atoms with E-state index >= 15 is 0 Å². The van der Waals surface area contributed by atoms with Crippen LogP contribution >= 0.6 is 23.7 Å². The Morgan fingerprint density at radius 3 is 2.45 bits per heavy atom. The summed E-state index contributed by atoms with van der Waals surface area (Å²) in [5, 5.41) is 0. The van der Waals surface area contributed by atoms with Crippen LogP contribution in [0.3, 0.4) is 0 Å². The van der Waals surface area contributed by atoms with Crippen molar-refractivity contribution in [1.82, 2.24) is 4.90 Å². The summed E-state index contributed by atoms with van der Waals surface area (Å²) < 4.78 is 5.23. The lowest BCUT2D eigenvalue weighted by molar-refractivity contribution is 0.0794. The molecule has 29 heavy (non-hydrogen) atoms. The number of carbonyl (C=O) groups is 1. The highest BCUT2D eigenvalue weighted by Crippen LogP contribution is 2.34. The van der Waals surface area contributed by atoms with Gasteiger partial charge in [-0.1, -0.05) is 42.5 Å². The summed E-state index contributed by atoms with van der Waals surface area (Å²) in [6, 6.07) is 20.1. The number of rotatable bonds is 4. The Kier molecular flexibility index (Phi) is 6.63. The summed E-state index contributed by atoms with van der Waals surface area (Å²) in [5.74, 6) is 1.08. The van der Waals surface area contributed by atoms with Crippen LogP contribution in [0.5, 0.6) is 5.75 Å². The van der Waals surface area contributed by atoms with E-state index in [0.717, 1.165) is 26.6 Å². The fraction of sp³-hybridized carbons (Fsp3) is 0.261. The number of nitrogens with zero attached hydrogens (tertiary/aromatic N) is 1. The lowest BCUT2D eigenvalue weighted by Crippen LogP contribution is -2.31. The van der Waals surface area contributed by atoms with Gasteiger partial charge in [0.2, 0.25) is 0 Å². The van der Waals surface area contributed by atoms with E-state index in [9.17, 15) is 4.79 Å². The van der Waals surface area contributed by atoms with Crippen LogP contribution in [0, 0.1) is 6.92 Å². The van der Waals surface area contributed by atoms with Gasteiger partial charge in [0.05, 0.1) is 12.0 Å².